The standard InChI is InChI=1S/C18H18/c1-2-7-15(8-3-1)17-13-18(17)12-6-10-14-9-4-5-11-16(14)18/h1-5,7-9,11,17H,6,10,12-13H2/t17-,18-/m1/s1. The van der Waals surface area contributed by atoms with E-state index in [0.29, 0.717) is 5.41 Å². The van der Waals surface area contributed by atoms with Crippen molar-refractivity contribution in [2.24, 2.45) is 0 Å². The quantitative estimate of drug-likeness (QED) is 0.684. The Morgan fingerprint density at radius 2 is 1.67 bits per heavy atom. The van der Waals surface area contributed by atoms with Crippen molar-refractivity contribution in [3.05, 3.63) is 71.3 Å². The van der Waals surface area contributed by atoms with Crippen LogP contribution in [-0.2, 0) is 11.8 Å². The molecule has 0 heterocycles. The van der Waals surface area contributed by atoms with Gasteiger partial charge in [-0.05, 0) is 48.3 Å². The fourth-order valence-electron chi connectivity index (χ4n) is 3.95. The maximum atomic E-state index is 2.37. The van der Waals surface area contributed by atoms with E-state index in [4.69, 9.17) is 0 Å². The first-order valence-electron chi connectivity index (χ1n) is 7.03. The van der Waals surface area contributed by atoms with Gasteiger partial charge in [0.1, 0.15) is 0 Å². The molecule has 0 nitrogen and oxygen atoms in total. The van der Waals surface area contributed by atoms with E-state index in [2.05, 4.69) is 54.6 Å². The molecule has 0 aliphatic heterocycles. The summed E-state index contributed by atoms with van der Waals surface area (Å²) in [6.45, 7) is 0. The summed E-state index contributed by atoms with van der Waals surface area (Å²) < 4.78 is 0. The van der Waals surface area contributed by atoms with Gasteiger partial charge in [0.25, 0.3) is 0 Å². The molecule has 1 saturated carbocycles. The Morgan fingerprint density at radius 3 is 2.56 bits per heavy atom. The second-order valence-corrected chi connectivity index (χ2v) is 5.83. The highest BCUT2D eigenvalue weighted by Crippen LogP contribution is 2.65. The van der Waals surface area contributed by atoms with Crippen molar-refractivity contribution in [3.63, 3.8) is 0 Å². The smallest absolute Gasteiger partial charge is 0.00309 e. The second-order valence-electron chi connectivity index (χ2n) is 5.83. The first kappa shape index (κ1) is 10.4. The normalized spacial score (nSPS) is 29.0. The van der Waals surface area contributed by atoms with Crippen molar-refractivity contribution in [2.45, 2.75) is 37.0 Å². The lowest BCUT2D eigenvalue weighted by Gasteiger charge is -2.26. The molecule has 18 heavy (non-hydrogen) atoms. The first-order chi connectivity index (χ1) is 8.90. The van der Waals surface area contributed by atoms with Gasteiger partial charge in [-0.2, -0.15) is 0 Å². The van der Waals surface area contributed by atoms with Gasteiger partial charge in [-0.3, -0.25) is 0 Å². The van der Waals surface area contributed by atoms with Crippen LogP contribution in [0.4, 0.5) is 0 Å². The molecule has 0 aromatic heterocycles. The van der Waals surface area contributed by atoms with Gasteiger partial charge in [-0.15, -0.1) is 0 Å². The summed E-state index contributed by atoms with van der Waals surface area (Å²) in [5.41, 5.74) is 5.26. The van der Waals surface area contributed by atoms with Crippen LogP contribution in [0.1, 0.15) is 41.9 Å². The van der Waals surface area contributed by atoms with Crippen molar-refractivity contribution >= 4 is 0 Å². The van der Waals surface area contributed by atoms with Gasteiger partial charge in [-0.1, -0.05) is 54.6 Å². The number of rotatable bonds is 1. The Bertz CT molecular complexity index is 570. The van der Waals surface area contributed by atoms with Crippen molar-refractivity contribution in [2.75, 3.05) is 0 Å². The zero-order valence-corrected chi connectivity index (χ0v) is 10.6. The summed E-state index contributed by atoms with van der Waals surface area (Å²) in [6.07, 6.45) is 5.37. The van der Waals surface area contributed by atoms with Gasteiger partial charge in [0.2, 0.25) is 0 Å². The maximum Gasteiger partial charge on any atom is 0.00309 e. The predicted molar refractivity (Wildman–Crippen MR) is 74.9 cm³/mol. The number of fused-ring (bicyclic) bond motifs is 2. The second kappa shape index (κ2) is 3.71. The van der Waals surface area contributed by atoms with Gasteiger partial charge in [-0.25, -0.2) is 0 Å². The number of hydrogen-bond acceptors (Lipinski definition) is 0. The fourth-order valence-corrected chi connectivity index (χ4v) is 3.95. The summed E-state index contributed by atoms with van der Waals surface area (Å²) in [5.74, 6) is 0.764. The van der Waals surface area contributed by atoms with Crippen LogP contribution < -0.4 is 0 Å². The third-order valence-corrected chi connectivity index (χ3v) is 4.90. The lowest BCUT2D eigenvalue weighted by atomic mass is 9.78. The molecule has 0 heteroatoms. The minimum Gasteiger partial charge on any atom is -0.0622 e. The molecule has 0 unspecified atom stereocenters. The van der Waals surface area contributed by atoms with Crippen LogP contribution in [-0.4, -0.2) is 0 Å². The van der Waals surface area contributed by atoms with Crippen molar-refractivity contribution in [1.29, 1.82) is 0 Å². The molecule has 0 saturated heterocycles. The topological polar surface area (TPSA) is 0 Å². The number of benzene rings is 2. The molecule has 0 radical (unpaired) electrons. The van der Waals surface area contributed by atoms with E-state index in [0.717, 1.165) is 5.92 Å². The summed E-state index contributed by atoms with van der Waals surface area (Å²) in [7, 11) is 0. The highest BCUT2D eigenvalue weighted by Gasteiger charge is 2.56. The van der Waals surface area contributed by atoms with E-state index in [9.17, 15) is 0 Å². The average molecular weight is 234 g/mol. The summed E-state index contributed by atoms with van der Waals surface area (Å²) in [4.78, 5) is 0. The Labute approximate surface area is 109 Å². The summed E-state index contributed by atoms with van der Waals surface area (Å²) >= 11 is 0. The summed E-state index contributed by atoms with van der Waals surface area (Å²) in [5, 5.41) is 0. The van der Waals surface area contributed by atoms with Gasteiger partial charge in [0, 0.05) is 5.41 Å². The van der Waals surface area contributed by atoms with Crippen molar-refractivity contribution in [3.8, 4) is 0 Å². The molecular weight excluding hydrogens is 216 g/mol. The van der Waals surface area contributed by atoms with E-state index in [1.807, 2.05) is 0 Å². The van der Waals surface area contributed by atoms with Crippen molar-refractivity contribution < 1.29 is 0 Å². The van der Waals surface area contributed by atoms with Crippen molar-refractivity contribution in [1.82, 2.24) is 0 Å². The van der Waals surface area contributed by atoms with Crippen LogP contribution in [0.2, 0.25) is 0 Å². The number of hydrogen-bond donors (Lipinski definition) is 0. The van der Waals surface area contributed by atoms with Crippen LogP contribution >= 0.6 is 0 Å². The molecular formula is C18H18. The third kappa shape index (κ3) is 1.38. The van der Waals surface area contributed by atoms with E-state index in [1.54, 1.807) is 11.1 Å². The maximum absolute atomic E-state index is 2.37. The van der Waals surface area contributed by atoms with Gasteiger partial charge in [0.15, 0.2) is 0 Å². The first-order valence-corrected chi connectivity index (χ1v) is 7.03. The van der Waals surface area contributed by atoms with Crippen LogP contribution in [0.25, 0.3) is 0 Å². The van der Waals surface area contributed by atoms with E-state index >= 15 is 0 Å². The minimum atomic E-state index is 0.482. The van der Waals surface area contributed by atoms with Crippen LogP contribution in [0.3, 0.4) is 0 Å². The highest BCUT2D eigenvalue weighted by molar-refractivity contribution is 5.48. The van der Waals surface area contributed by atoms with Gasteiger partial charge < -0.3 is 0 Å². The molecule has 0 amide bonds. The Balaban J connectivity index is 1.76. The SMILES string of the molecule is c1ccc([C@H]2C[C@@]23CCCc2ccccc23)cc1. The van der Waals surface area contributed by atoms with Crippen LogP contribution in [0.15, 0.2) is 54.6 Å². The largest absolute Gasteiger partial charge is 0.0622 e. The molecule has 1 spiro atoms. The van der Waals surface area contributed by atoms with E-state index in [1.165, 1.54) is 31.2 Å². The molecule has 2 aliphatic rings. The molecule has 2 aromatic rings. The molecule has 0 bridgehead atoms. The van der Waals surface area contributed by atoms with Gasteiger partial charge in [0.05, 0.1) is 0 Å². The zero-order chi connectivity index (χ0) is 12.0. The monoisotopic (exact) mass is 234 g/mol. The predicted octanol–water partition coefficient (Wildman–Crippen LogP) is 4.45. The summed E-state index contributed by atoms with van der Waals surface area (Å²) in [6, 6.07) is 20.2. The highest BCUT2D eigenvalue weighted by atomic mass is 14.6. The Hall–Kier alpha value is -1.56. The fraction of sp³-hybridized carbons (Fsp3) is 0.333. The van der Waals surface area contributed by atoms with Crippen LogP contribution in [0.5, 0.6) is 0 Å². The zero-order valence-electron chi connectivity index (χ0n) is 10.6. The minimum absolute atomic E-state index is 0.482. The molecule has 4 rings (SSSR count). The lowest BCUT2D eigenvalue weighted by Crippen LogP contribution is -2.17. The van der Waals surface area contributed by atoms with E-state index < -0.39 is 0 Å². The molecule has 2 aromatic carbocycles. The average Bonchev–Trinajstić information content (AvgIpc) is 3.16. The van der Waals surface area contributed by atoms with E-state index in [-0.39, 0.29) is 0 Å². The van der Waals surface area contributed by atoms with Gasteiger partial charge >= 0.3 is 0 Å². The molecule has 0 N–H and O–H groups in total. The lowest BCUT2D eigenvalue weighted by molar-refractivity contribution is 0.527. The molecule has 2 atom stereocenters. The molecule has 2 aliphatic carbocycles. The van der Waals surface area contributed by atoms with Crippen LogP contribution in [0, 0.1) is 0 Å². The Morgan fingerprint density at radius 1 is 0.889 bits per heavy atom. The Kier molecular flexibility index (Phi) is 2.14. The number of aryl methyl sites for hydroxylation is 1. The molecule has 1 fully saturated rings. The molecule has 90 valence electrons. The third-order valence-electron chi connectivity index (χ3n) is 4.90.